The monoisotopic (exact) mass is 548 g/mol. The standard InChI is InChI=1S/C26H56N6O6/c1-21(33)17-31(18-22(2)34)15-9-13-29-25(37)27-11-7-5-6-8-12-28-26(38)30-14-10-16-32(19-23(3)35)20-24(4)36/h21-24,33-36H,5-20H2,1-4H3,(H2,27,29,37)(H2,28,30,38). The molecule has 12 nitrogen and oxygen atoms in total. The van der Waals surface area contributed by atoms with Gasteiger partial charge in [0.25, 0.3) is 0 Å². The first-order valence-electron chi connectivity index (χ1n) is 14.2. The van der Waals surface area contributed by atoms with E-state index in [2.05, 4.69) is 21.3 Å². The molecule has 0 saturated carbocycles. The van der Waals surface area contributed by atoms with Gasteiger partial charge in [0.2, 0.25) is 0 Å². The lowest BCUT2D eigenvalue weighted by atomic mass is 10.2. The lowest BCUT2D eigenvalue weighted by Gasteiger charge is -2.25. The van der Waals surface area contributed by atoms with Crippen LogP contribution in [0.2, 0.25) is 0 Å². The van der Waals surface area contributed by atoms with E-state index in [1.807, 2.05) is 9.80 Å². The van der Waals surface area contributed by atoms with Gasteiger partial charge in [-0.2, -0.15) is 0 Å². The molecule has 0 aliphatic rings. The van der Waals surface area contributed by atoms with E-state index < -0.39 is 24.4 Å². The number of amides is 4. The zero-order valence-corrected chi connectivity index (χ0v) is 24.1. The Morgan fingerprint density at radius 3 is 1.03 bits per heavy atom. The van der Waals surface area contributed by atoms with Crippen molar-refractivity contribution in [3.05, 3.63) is 0 Å². The van der Waals surface area contributed by atoms with Crippen LogP contribution in [0, 0.1) is 0 Å². The summed E-state index contributed by atoms with van der Waals surface area (Å²) in [6, 6.07) is -0.387. The third kappa shape index (κ3) is 24.6. The minimum atomic E-state index is -0.463. The van der Waals surface area contributed by atoms with Crippen molar-refractivity contribution in [2.45, 2.75) is 90.6 Å². The molecule has 4 unspecified atom stereocenters. The van der Waals surface area contributed by atoms with E-state index in [9.17, 15) is 30.0 Å². The Balaban J connectivity index is 3.68. The molecular weight excluding hydrogens is 492 g/mol. The van der Waals surface area contributed by atoms with E-state index in [0.717, 1.165) is 38.5 Å². The van der Waals surface area contributed by atoms with Gasteiger partial charge in [-0.25, -0.2) is 9.59 Å². The minimum Gasteiger partial charge on any atom is -0.392 e. The number of nitrogens with one attached hydrogen (secondary N) is 4. The Labute approximate surface area is 229 Å². The summed E-state index contributed by atoms with van der Waals surface area (Å²) in [7, 11) is 0. The van der Waals surface area contributed by atoms with E-state index in [1.54, 1.807) is 27.7 Å². The van der Waals surface area contributed by atoms with E-state index >= 15 is 0 Å². The molecule has 8 N–H and O–H groups in total. The van der Waals surface area contributed by atoms with E-state index in [0.29, 0.717) is 65.4 Å². The molecule has 226 valence electrons. The van der Waals surface area contributed by atoms with Gasteiger partial charge < -0.3 is 41.7 Å². The lowest BCUT2D eigenvalue weighted by Crippen LogP contribution is -2.40. The second-order valence-electron chi connectivity index (χ2n) is 10.4. The van der Waals surface area contributed by atoms with Gasteiger partial charge in [0.1, 0.15) is 0 Å². The van der Waals surface area contributed by atoms with Crippen LogP contribution in [0.25, 0.3) is 0 Å². The highest BCUT2D eigenvalue weighted by atomic mass is 16.3. The van der Waals surface area contributed by atoms with Crippen molar-refractivity contribution < 1.29 is 30.0 Å². The van der Waals surface area contributed by atoms with Gasteiger partial charge in [0, 0.05) is 65.4 Å². The molecule has 0 aromatic carbocycles. The van der Waals surface area contributed by atoms with E-state index in [4.69, 9.17) is 0 Å². The maximum atomic E-state index is 11.9. The third-order valence-corrected chi connectivity index (χ3v) is 5.64. The van der Waals surface area contributed by atoms with Crippen LogP contribution in [-0.2, 0) is 0 Å². The normalized spacial score (nSPS) is 14.7. The highest BCUT2D eigenvalue weighted by Crippen LogP contribution is 2.00. The fraction of sp³-hybridized carbons (Fsp3) is 0.923. The molecule has 0 aromatic rings. The van der Waals surface area contributed by atoms with Crippen molar-refractivity contribution in [1.82, 2.24) is 31.1 Å². The molecule has 0 radical (unpaired) electrons. The van der Waals surface area contributed by atoms with Gasteiger partial charge in [0.05, 0.1) is 24.4 Å². The summed E-state index contributed by atoms with van der Waals surface area (Å²) in [5, 5.41) is 49.6. The van der Waals surface area contributed by atoms with E-state index in [1.165, 1.54) is 0 Å². The summed E-state index contributed by atoms with van der Waals surface area (Å²) in [4.78, 5) is 27.8. The van der Waals surface area contributed by atoms with Crippen LogP contribution >= 0.6 is 0 Å². The average molecular weight is 549 g/mol. The second kappa shape index (κ2) is 23.2. The molecule has 0 aliphatic heterocycles. The molecule has 0 saturated heterocycles. The second-order valence-corrected chi connectivity index (χ2v) is 10.4. The molecule has 0 spiro atoms. The minimum absolute atomic E-state index is 0.194. The average Bonchev–Trinajstić information content (AvgIpc) is 2.79. The molecule has 0 heterocycles. The fourth-order valence-corrected chi connectivity index (χ4v) is 4.15. The Bertz CT molecular complexity index is 525. The zero-order chi connectivity index (χ0) is 28.8. The fourth-order valence-electron chi connectivity index (χ4n) is 4.15. The zero-order valence-electron chi connectivity index (χ0n) is 24.1. The summed E-state index contributed by atoms with van der Waals surface area (Å²) in [6.07, 6.45) is 3.26. The van der Waals surface area contributed by atoms with Crippen LogP contribution in [0.3, 0.4) is 0 Å². The molecular formula is C26H56N6O6. The number of nitrogens with zero attached hydrogens (tertiary/aromatic N) is 2. The number of hydrogen-bond donors (Lipinski definition) is 8. The van der Waals surface area contributed by atoms with Crippen molar-refractivity contribution in [1.29, 1.82) is 0 Å². The lowest BCUT2D eigenvalue weighted by molar-refractivity contribution is 0.0825. The Morgan fingerprint density at radius 1 is 0.500 bits per heavy atom. The molecule has 0 fully saturated rings. The van der Waals surface area contributed by atoms with Crippen LogP contribution in [0.1, 0.15) is 66.2 Å². The van der Waals surface area contributed by atoms with Crippen LogP contribution in [0.5, 0.6) is 0 Å². The van der Waals surface area contributed by atoms with Gasteiger partial charge in [-0.1, -0.05) is 12.8 Å². The smallest absolute Gasteiger partial charge is 0.314 e. The van der Waals surface area contributed by atoms with Crippen molar-refractivity contribution in [3.8, 4) is 0 Å². The number of carbonyl (C=O) groups excluding carboxylic acids is 2. The van der Waals surface area contributed by atoms with Crippen LogP contribution in [0.15, 0.2) is 0 Å². The summed E-state index contributed by atoms with van der Waals surface area (Å²) >= 11 is 0. The maximum Gasteiger partial charge on any atom is 0.314 e. The van der Waals surface area contributed by atoms with Crippen LogP contribution in [-0.4, -0.2) is 132 Å². The van der Waals surface area contributed by atoms with Crippen molar-refractivity contribution >= 4 is 12.1 Å². The first-order chi connectivity index (χ1) is 18.0. The number of unbranched alkanes of at least 4 members (excludes halogenated alkanes) is 3. The molecule has 4 amide bonds. The number of hydrogen-bond acceptors (Lipinski definition) is 8. The molecule has 0 bridgehead atoms. The largest absolute Gasteiger partial charge is 0.392 e. The van der Waals surface area contributed by atoms with Gasteiger partial charge >= 0.3 is 12.1 Å². The summed E-state index contributed by atoms with van der Waals surface area (Å²) in [5.41, 5.74) is 0. The Kier molecular flexibility index (Phi) is 22.2. The predicted octanol–water partition coefficient (Wildman–Crippen LogP) is 0.0526. The third-order valence-electron chi connectivity index (χ3n) is 5.64. The van der Waals surface area contributed by atoms with Crippen molar-refractivity contribution in [2.75, 3.05) is 65.4 Å². The molecule has 38 heavy (non-hydrogen) atoms. The molecule has 0 rings (SSSR count). The number of aliphatic hydroxyl groups excluding tert-OH is 4. The van der Waals surface area contributed by atoms with Crippen LogP contribution < -0.4 is 21.3 Å². The first-order valence-corrected chi connectivity index (χ1v) is 14.2. The first kappa shape index (κ1) is 36.3. The number of urea groups is 2. The number of aliphatic hydroxyl groups is 4. The molecule has 4 atom stereocenters. The van der Waals surface area contributed by atoms with Gasteiger partial charge in [-0.05, 0) is 53.4 Å². The summed E-state index contributed by atoms with van der Waals surface area (Å²) < 4.78 is 0. The van der Waals surface area contributed by atoms with Gasteiger partial charge in [-0.15, -0.1) is 0 Å². The van der Waals surface area contributed by atoms with Gasteiger partial charge in [-0.3, -0.25) is 9.80 Å². The molecule has 0 aliphatic carbocycles. The Hall–Kier alpha value is -1.70. The predicted molar refractivity (Wildman–Crippen MR) is 150 cm³/mol. The SMILES string of the molecule is CC(O)CN(CCCNC(=O)NCCCCCCNC(=O)NCCCN(CC(C)O)CC(C)O)CC(C)O. The van der Waals surface area contributed by atoms with Gasteiger partial charge in [0.15, 0.2) is 0 Å². The summed E-state index contributed by atoms with van der Waals surface area (Å²) in [6.45, 7) is 12.5. The highest BCUT2D eigenvalue weighted by molar-refractivity contribution is 5.74. The molecule has 0 aromatic heterocycles. The highest BCUT2D eigenvalue weighted by Gasteiger charge is 2.12. The quantitative estimate of drug-likeness (QED) is 0.0829. The van der Waals surface area contributed by atoms with Crippen molar-refractivity contribution in [2.24, 2.45) is 0 Å². The topological polar surface area (TPSA) is 170 Å². The molecule has 12 heteroatoms. The number of carbonyl (C=O) groups is 2. The maximum absolute atomic E-state index is 11.9. The van der Waals surface area contributed by atoms with E-state index in [-0.39, 0.29) is 12.1 Å². The summed E-state index contributed by atoms with van der Waals surface area (Å²) in [5.74, 6) is 0. The number of rotatable bonds is 23. The van der Waals surface area contributed by atoms with Crippen molar-refractivity contribution in [3.63, 3.8) is 0 Å². The van der Waals surface area contributed by atoms with Crippen LogP contribution in [0.4, 0.5) is 9.59 Å². The Morgan fingerprint density at radius 2 is 0.763 bits per heavy atom.